The van der Waals surface area contributed by atoms with Crippen LogP contribution >= 0.6 is 33.9 Å². The second-order valence-electron chi connectivity index (χ2n) is 2.82. The number of thiazole rings is 1. The molecule has 0 amide bonds. The minimum Gasteiger partial charge on any atom is -0.379 e. The standard InChI is InChI=1S/C8H8IN3OS/c1-12-3-2-5(11-12)7(13)8-10-4-6(9)14-8/h2-4,7,13H,1H3. The molecule has 2 aromatic rings. The van der Waals surface area contributed by atoms with Crippen LogP contribution in [0.2, 0.25) is 0 Å². The van der Waals surface area contributed by atoms with E-state index < -0.39 is 6.10 Å². The molecule has 0 spiro atoms. The number of halogens is 1. The fraction of sp³-hybridized carbons (Fsp3) is 0.250. The third kappa shape index (κ3) is 1.96. The third-order valence-electron chi connectivity index (χ3n) is 1.74. The summed E-state index contributed by atoms with van der Waals surface area (Å²) in [5.74, 6) is 0. The lowest BCUT2D eigenvalue weighted by Crippen LogP contribution is -2.00. The number of aromatic nitrogens is 3. The maximum atomic E-state index is 9.89. The van der Waals surface area contributed by atoms with E-state index in [0.29, 0.717) is 10.7 Å². The Bertz CT molecular complexity index is 399. The van der Waals surface area contributed by atoms with Crippen LogP contribution in [0.1, 0.15) is 16.8 Å². The summed E-state index contributed by atoms with van der Waals surface area (Å²) in [6.45, 7) is 0. The van der Waals surface area contributed by atoms with Gasteiger partial charge in [0, 0.05) is 13.2 Å². The molecule has 4 nitrogen and oxygen atoms in total. The Morgan fingerprint density at radius 2 is 2.43 bits per heavy atom. The van der Waals surface area contributed by atoms with Gasteiger partial charge < -0.3 is 5.11 Å². The van der Waals surface area contributed by atoms with Crippen LogP contribution in [-0.4, -0.2) is 19.9 Å². The summed E-state index contributed by atoms with van der Waals surface area (Å²) in [5.41, 5.74) is 0.637. The number of nitrogens with zero attached hydrogens (tertiary/aromatic N) is 3. The molecule has 0 radical (unpaired) electrons. The summed E-state index contributed by atoms with van der Waals surface area (Å²) < 4.78 is 2.73. The van der Waals surface area contributed by atoms with Gasteiger partial charge in [0.1, 0.15) is 11.1 Å². The molecule has 2 rings (SSSR count). The first-order valence-corrected chi connectivity index (χ1v) is 5.85. The van der Waals surface area contributed by atoms with Gasteiger partial charge in [-0.15, -0.1) is 11.3 Å². The van der Waals surface area contributed by atoms with Gasteiger partial charge in [-0.2, -0.15) is 5.10 Å². The van der Waals surface area contributed by atoms with Gasteiger partial charge in [0.2, 0.25) is 0 Å². The molecule has 2 aromatic heterocycles. The predicted molar refractivity (Wildman–Crippen MR) is 62.1 cm³/mol. The number of hydrogen-bond acceptors (Lipinski definition) is 4. The summed E-state index contributed by atoms with van der Waals surface area (Å²) >= 11 is 3.65. The highest BCUT2D eigenvalue weighted by atomic mass is 127. The molecular formula is C8H8IN3OS. The highest BCUT2D eigenvalue weighted by molar-refractivity contribution is 14.1. The average Bonchev–Trinajstić information content (AvgIpc) is 2.73. The summed E-state index contributed by atoms with van der Waals surface area (Å²) in [6, 6.07) is 1.79. The second kappa shape index (κ2) is 3.95. The molecule has 0 aromatic carbocycles. The topological polar surface area (TPSA) is 50.9 Å². The number of aryl methyl sites for hydroxylation is 1. The van der Waals surface area contributed by atoms with E-state index in [9.17, 15) is 5.11 Å². The Morgan fingerprint density at radius 3 is 2.93 bits per heavy atom. The molecule has 74 valence electrons. The normalized spacial score (nSPS) is 13.1. The minimum absolute atomic E-state index is 0.637. The van der Waals surface area contributed by atoms with E-state index >= 15 is 0 Å². The van der Waals surface area contributed by atoms with E-state index in [0.717, 1.165) is 2.88 Å². The number of rotatable bonds is 2. The van der Waals surface area contributed by atoms with E-state index in [-0.39, 0.29) is 0 Å². The van der Waals surface area contributed by atoms with Gasteiger partial charge in [0.15, 0.2) is 0 Å². The van der Waals surface area contributed by atoms with Gasteiger partial charge in [-0.05, 0) is 28.7 Å². The van der Waals surface area contributed by atoms with E-state index in [1.54, 1.807) is 23.1 Å². The maximum Gasteiger partial charge on any atom is 0.149 e. The maximum absolute atomic E-state index is 9.89. The molecule has 1 unspecified atom stereocenters. The SMILES string of the molecule is Cn1ccc(C(O)c2ncc(I)s2)n1. The molecule has 0 aliphatic carbocycles. The number of aliphatic hydroxyl groups excluding tert-OH is 1. The van der Waals surface area contributed by atoms with Crippen LogP contribution in [0.4, 0.5) is 0 Å². The fourth-order valence-electron chi connectivity index (χ4n) is 1.10. The Balaban J connectivity index is 2.28. The number of hydrogen-bond donors (Lipinski definition) is 1. The molecule has 14 heavy (non-hydrogen) atoms. The van der Waals surface area contributed by atoms with Crippen molar-refractivity contribution in [3.05, 3.63) is 32.0 Å². The molecule has 1 N–H and O–H groups in total. The number of aliphatic hydroxyl groups is 1. The lowest BCUT2D eigenvalue weighted by molar-refractivity contribution is 0.214. The molecule has 0 saturated heterocycles. The molecule has 0 saturated carbocycles. The van der Waals surface area contributed by atoms with Gasteiger partial charge in [-0.1, -0.05) is 0 Å². The summed E-state index contributed by atoms with van der Waals surface area (Å²) in [6.07, 6.45) is 2.84. The van der Waals surface area contributed by atoms with Crippen molar-refractivity contribution in [1.29, 1.82) is 0 Å². The predicted octanol–water partition coefficient (Wildman–Crippen LogP) is 1.56. The van der Waals surface area contributed by atoms with Crippen molar-refractivity contribution < 1.29 is 5.11 Å². The first-order chi connectivity index (χ1) is 6.66. The van der Waals surface area contributed by atoms with Crippen molar-refractivity contribution in [2.24, 2.45) is 7.05 Å². The van der Waals surface area contributed by atoms with Crippen LogP contribution in [0.3, 0.4) is 0 Å². The first-order valence-electron chi connectivity index (χ1n) is 3.95. The molecule has 6 heteroatoms. The van der Waals surface area contributed by atoms with E-state index in [1.807, 2.05) is 7.05 Å². The monoisotopic (exact) mass is 321 g/mol. The minimum atomic E-state index is -0.704. The molecule has 0 fully saturated rings. The summed E-state index contributed by atoms with van der Waals surface area (Å²) in [5, 5.41) is 14.7. The Labute approximate surface area is 98.7 Å². The van der Waals surface area contributed by atoms with E-state index in [1.165, 1.54) is 11.3 Å². The van der Waals surface area contributed by atoms with Crippen molar-refractivity contribution in [3.8, 4) is 0 Å². The zero-order valence-corrected chi connectivity index (χ0v) is 10.4. The van der Waals surface area contributed by atoms with E-state index in [4.69, 9.17) is 0 Å². The molecular weight excluding hydrogens is 313 g/mol. The van der Waals surface area contributed by atoms with Gasteiger partial charge in [0.25, 0.3) is 0 Å². The lowest BCUT2D eigenvalue weighted by atomic mass is 10.3. The van der Waals surface area contributed by atoms with Crippen molar-refractivity contribution in [1.82, 2.24) is 14.8 Å². The quantitative estimate of drug-likeness (QED) is 0.854. The van der Waals surface area contributed by atoms with Crippen LogP contribution in [0.15, 0.2) is 18.5 Å². The average molecular weight is 321 g/mol. The van der Waals surface area contributed by atoms with Gasteiger partial charge >= 0.3 is 0 Å². The van der Waals surface area contributed by atoms with Crippen molar-refractivity contribution in [2.45, 2.75) is 6.10 Å². The molecule has 1 atom stereocenters. The van der Waals surface area contributed by atoms with Crippen LogP contribution in [-0.2, 0) is 7.05 Å². The first kappa shape index (κ1) is 10.1. The highest BCUT2D eigenvalue weighted by Gasteiger charge is 2.16. The third-order valence-corrected chi connectivity index (χ3v) is 3.52. The smallest absolute Gasteiger partial charge is 0.149 e. The van der Waals surface area contributed by atoms with Crippen molar-refractivity contribution in [2.75, 3.05) is 0 Å². The Morgan fingerprint density at radius 1 is 1.64 bits per heavy atom. The Hall–Kier alpha value is -0.470. The zero-order valence-electron chi connectivity index (χ0n) is 7.38. The van der Waals surface area contributed by atoms with E-state index in [2.05, 4.69) is 32.7 Å². The largest absolute Gasteiger partial charge is 0.379 e. The van der Waals surface area contributed by atoms with Gasteiger partial charge in [-0.3, -0.25) is 4.68 Å². The van der Waals surface area contributed by atoms with Gasteiger partial charge in [0.05, 0.1) is 14.8 Å². The Kier molecular flexibility index (Phi) is 2.84. The highest BCUT2D eigenvalue weighted by Crippen LogP contribution is 2.25. The molecule has 0 bridgehead atoms. The summed E-state index contributed by atoms with van der Waals surface area (Å²) in [4.78, 5) is 4.11. The van der Waals surface area contributed by atoms with Crippen molar-refractivity contribution >= 4 is 33.9 Å². The fourth-order valence-corrected chi connectivity index (χ4v) is 2.56. The lowest BCUT2D eigenvalue weighted by Gasteiger charge is -2.02. The van der Waals surface area contributed by atoms with Crippen molar-refractivity contribution in [3.63, 3.8) is 0 Å². The molecule has 2 heterocycles. The van der Waals surface area contributed by atoms with Crippen LogP contribution in [0, 0.1) is 2.88 Å². The van der Waals surface area contributed by atoms with Crippen LogP contribution < -0.4 is 0 Å². The van der Waals surface area contributed by atoms with Gasteiger partial charge in [-0.25, -0.2) is 4.98 Å². The molecule has 0 aliphatic rings. The van der Waals surface area contributed by atoms with Crippen LogP contribution in [0.25, 0.3) is 0 Å². The zero-order chi connectivity index (χ0) is 10.1. The molecule has 0 aliphatic heterocycles. The van der Waals surface area contributed by atoms with Crippen LogP contribution in [0.5, 0.6) is 0 Å². The second-order valence-corrected chi connectivity index (χ2v) is 5.78. The summed E-state index contributed by atoms with van der Waals surface area (Å²) in [7, 11) is 1.82.